The van der Waals surface area contributed by atoms with E-state index in [-0.39, 0.29) is 36.0 Å². The second-order valence-electron chi connectivity index (χ2n) is 7.86. The molecule has 2 aliphatic rings. The van der Waals surface area contributed by atoms with Crippen LogP contribution >= 0.6 is 0 Å². The maximum absolute atomic E-state index is 12.4. The Labute approximate surface area is 187 Å². The number of amides is 1. The van der Waals surface area contributed by atoms with Crippen LogP contribution in [0.2, 0.25) is 0 Å². The minimum absolute atomic E-state index is 0.0394. The first-order valence-electron chi connectivity index (χ1n) is 10.2. The number of carboxylic acids is 2. The Morgan fingerprint density at radius 1 is 1.24 bits per heavy atom. The summed E-state index contributed by atoms with van der Waals surface area (Å²) < 4.78 is 0. The minimum atomic E-state index is -1.30. The summed E-state index contributed by atoms with van der Waals surface area (Å²) in [7, 11) is 0. The van der Waals surface area contributed by atoms with Gasteiger partial charge in [-0.1, -0.05) is 0 Å². The first-order valence-corrected chi connectivity index (χ1v) is 10.2. The third-order valence-electron chi connectivity index (χ3n) is 5.65. The molecule has 1 aromatic heterocycles. The molecule has 0 radical (unpaired) electrons. The van der Waals surface area contributed by atoms with Crippen LogP contribution in [0, 0.1) is 0 Å². The van der Waals surface area contributed by atoms with Gasteiger partial charge in [-0.25, -0.2) is 4.79 Å². The number of nitrogens with zero attached hydrogens (tertiary/aromatic N) is 3. The molecule has 13 nitrogen and oxygen atoms in total. The minimum Gasteiger partial charge on any atom is -0.481 e. The van der Waals surface area contributed by atoms with Crippen LogP contribution in [-0.2, 0) is 9.59 Å². The molecule has 0 spiro atoms. The Kier molecular flexibility index (Phi) is 5.77. The molecule has 3 heterocycles. The first kappa shape index (κ1) is 21.9. The van der Waals surface area contributed by atoms with Crippen molar-refractivity contribution in [2.45, 2.75) is 24.9 Å². The van der Waals surface area contributed by atoms with Gasteiger partial charge in [-0.15, -0.1) is 0 Å². The average Bonchev–Trinajstić information content (AvgIpc) is 3.20. The lowest BCUT2D eigenvalue weighted by Crippen LogP contribution is -2.44. The van der Waals surface area contributed by atoms with Crippen molar-refractivity contribution < 1.29 is 24.6 Å². The highest BCUT2D eigenvalue weighted by atomic mass is 16.4. The molecule has 4 rings (SSSR count). The summed E-state index contributed by atoms with van der Waals surface area (Å²) in [5, 5.41) is 23.4. The van der Waals surface area contributed by atoms with E-state index in [9.17, 15) is 24.3 Å². The largest absolute Gasteiger partial charge is 0.481 e. The molecule has 1 aromatic carbocycles. The van der Waals surface area contributed by atoms with Gasteiger partial charge in [-0.05, 0) is 30.7 Å². The molecule has 0 bridgehead atoms. The van der Waals surface area contributed by atoms with Crippen LogP contribution in [0.5, 0.6) is 0 Å². The lowest BCUT2D eigenvalue weighted by atomic mass is 10.1. The molecule has 1 amide bonds. The van der Waals surface area contributed by atoms with E-state index in [1.54, 1.807) is 24.3 Å². The van der Waals surface area contributed by atoms with E-state index in [1.165, 1.54) is 0 Å². The number of rotatable bonds is 7. The Bertz CT molecular complexity index is 1150. The van der Waals surface area contributed by atoms with Gasteiger partial charge in [-0.3, -0.25) is 19.4 Å². The number of aromatic amines is 1. The molecule has 0 aliphatic carbocycles. The number of nitrogens with one attached hydrogen (secondary N) is 3. The molecule has 33 heavy (non-hydrogen) atoms. The molecule has 13 heteroatoms. The zero-order valence-electron chi connectivity index (χ0n) is 17.4. The molecule has 1 saturated heterocycles. The number of H-pyrrole nitrogens is 1. The second-order valence-corrected chi connectivity index (χ2v) is 7.86. The third kappa shape index (κ3) is 4.51. The van der Waals surface area contributed by atoms with E-state index >= 15 is 0 Å². The van der Waals surface area contributed by atoms with Crippen LogP contribution in [0.3, 0.4) is 0 Å². The Morgan fingerprint density at radius 2 is 1.97 bits per heavy atom. The van der Waals surface area contributed by atoms with E-state index < -0.39 is 23.9 Å². The molecule has 2 aromatic rings. The number of aromatic nitrogens is 2. The van der Waals surface area contributed by atoms with Gasteiger partial charge in [0.2, 0.25) is 5.95 Å². The Balaban J connectivity index is 1.45. The molecule has 2 aliphatic heterocycles. The van der Waals surface area contributed by atoms with Crippen molar-refractivity contribution in [3.8, 4) is 0 Å². The van der Waals surface area contributed by atoms with E-state index in [4.69, 9.17) is 10.8 Å². The average molecular weight is 457 g/mol. The van der Waals surface area contributed by atoms with Crippen molar-refractivity contribution in [1.82, 2.24) is 15.3 Å². The summed E-state index contributed by atoms with van der Waals surface area (Å²) in [6, 6.07) is 5.35. The highest BCUT2D eigenvalue weighted by Gasteiger charge is 2.37. The molecule has 0 unspecified atom stereocenters. The molecule has 7 N–H and O–H groups in total. The predicted molar refractivity (Wildman–Crippen MR) is 118 cm³/mol. The molecule has 0 saturated carbocycles. The van der Waals surface area contributed by atoms with E-state index in [2.05, 4.69) is 20.6 Å². The zero-order valence-corrected chi connectivity index (χ0v) is 17.4. The number of nitrogen functional groups attached to an aromatic ring is 1. The van der Waals surface area contributed by atoms with Crippen molar-refractivity contribution in [2.75, 3.05) is 40.6 Å². The summed E-state index contributed by atoms with van der Waals surface area (Å²) >= 11 is 0. The number of fused-ring (bicyclic) bond motifs is 3. The van der Waals surface area contributed by atoms with Gasteiger partial charge in [0.05, 0.1) is 12.7 Å². The quantitative estimate of drug-likeness (QED) is 0.313. The van der Waals surface area contributed by atoms with Gasteiger partial charge in [-0.2, -0.15) is 4.98 Å². The standard InChI is InChI=1S/C20H23N7O6/c21-20-24-16-15(18(31)25-20)27-9-26(8-12(27)7-22-16)11-3-1-10(2-4-11)17(30)23-13(19(32)33)5-6-14(28)29/h1-4,12-13H,5-9H2,(H,23,30)(H,28,29)(H,32,33)(H4,21,22,24,25,31)/t12-,13-/m0/s1. The van der Waals surface area contributed by atoms with Crippen LogP contribution in [0.15, 0.2) is 29.1 Å². The van der Waals surface area contributed by atoms with Gasteiger partial charge in [0, 0.05) is 30.8 Å². The monoisotopic (exact) mass is 457 g/mol. The lowest BCUT2D eigenvalue weighted by molar-refractivity contribution is -0.140. The van der Waals surface area contributed by atoms with Gasteiger partial charge in [0.15, 0.2) is 5.82 Å². The number of nitrogens with two attached hydrogens (primary N) is 1. The number of carbonyl (C=O) groups is 3. The third-order valence-corrected chi connectivity index (χ3v) is 5.65. The zero-order chi connectivity index (χ0) is 23.7. The molecular weight excluding hydrogens is 434 g/mol. The topological polar surface area (TPSA) is 194 Å². The summed E-state index contributed by atoms with van der Waals surface area (Å²) in [6.07, 6.45) is -0.583. The summed E-state index contributed by atoms with van der Waals surface area (Å²) in [5.41, 5.74) is 6.81. The van der Waals surface area contributed by atoms with Crippen LogP contribution in [0.1, 0.15) is 23.2 Å². The molecule has 174 valence electrons. The second kappa shape index (κ2) is 8.68. The highest BCUT2D eigenvalue weighted by molar-refractivity contribution is 5.97. The van der Waals surface area contributed by atoms with Crippen molar-refractivity contribution in [1.29, 1.82) is 0 Å². The maximum atomic E-state index is 12.4. The van der Waals surface area contributed by atoms with Crippen LogP contribution < -0.4 is 31.7 Å². The van der Waals surface area contributed by atoms with Gasteiger partial charge < -0.3 is 36.4 Å². The van der Waals surface area contributed by atoms with E-state index in [0.29, 0.717) is 31.3 Å². The number of carboxylic acid groups (broad SMARTS) is 2. The summed E-state index contributed by atoms with van der Waals surface area (Å²) in [5.74, 6) is -2.55. The fraction of sp³-hybridized carbons (Fsp3) is 0.350. The normalized spacial score (nSPS) is 17.5. The molecular formula is C20H23N7O6. The van der Waals surface area contributed by atoms with Crippen LogP contribution in [0.25, 0.3) is 0 Å². The van der Waals surface area contributed by atoms with E-state index in [0.717, 1.165) is 5.69 Å². The van der Waals surface area contributed by atoms with Crippen molar-refractivity contribution >= 4 is 41.0 Å². The number of anilines is 4. The smallest absolute Gasteiger partial charge is 0.326 e. The van der Waals surface area contributed by atoms with Crippen LogP contribution in [-0.4, -0.2) is 69.9 Å². The van der Waals surface area contributed by atoms with E-state index in [1.807, 2.05) is 9.80 Å². The number of benzene rings is 1. The summed E-state index contributed by atoms with van der Waals surface area (Å²) in [4.78, 5) is 57.5. The Morgan fingerprint density at radius 3 is 2.64 bits per heavy atom. The van der Waals surface area contributed by atoms with Crippen molar-refractivity contribution in [2.24, 2.45) is 0 Å². The fourth-order valence-electron chi connectivity index (χ4n) is 4.00. The number of carbonyl (C=O) groups excluding carboxylic acids is 1. The fourth-order valence-corrected chi connectivity index (χ4v) is 4.00. The SMILES string of the molecule is Nc1nc2c(c(=O)[nH]1)N1CN(c3ccc(C(=O)N[C@@H](CCC(=O)O)C(=O)O)cc3)C[C@@H]1CN2. The predicted octanol–water partition coefficient (Wildman–Crippen LogP) is -0.522. The van der Waals surface area contributed by atoms with Gasteiger partial charge in [0.25, 0.3) is 11.5 Å². The van der Waals surface area contributed by atoms with Gasteiger partial charge >= 0.3 is 11.9 Å². The number of hydrogen-bond acceptors (Lipinski definition) is 9. The van der Waals surface area contributed by atoms with Crippen molar-refractivity contribution in [3.63, 3.8) is 0 Å². The number of hydrogen-bond donors (Lipinski definition) is 6. The van der Waals surface area contributed by atoms with Crippen LogP contribution in [0.4, 0.5) is 23.1 Å². The number of aliphatic carboxylic acids is 2. The lowest BCUT2D eigenvalue weighted by Gasteiger charge is -2.31. The molecule has 1 fully saturated rings. The molecule has 2 atom stereocenters. The first-order chi connectivity index (χ1) is 15.7. The summed E-state index contributed by atoms with van der Waals surface area (Å²) in [6.45, 7) is 1.67. The van der Waals surface area contributed by atoms with Crippen molar-refractivity contribution in [3.05, 3.63) is 40.2 Å². The van der Waals surface area contributed by atoms with Gasteiger partial charge in [0.1, 0.15) is 11.7 Å². The highest BCUT2D eigenvalue weighted by Crippen LogP contribution is 2.32. The Hall–Kier alpha value is -4.29. The maximum Gasteiger partial charge on any atom is 0.326 e.